The molecular weight excluding hydrogens is 473 g/mol. The molecule has 1 heterocycles. The Labute approximate surface area is 207 Å². The van der Waals surface area contributed by atoms with Crippen LogP contribution in [-0.4, -0.2) is 42.6 Å². The molecule has 6 nitrogen and oxygen atoms in total. The van der Waals surface area contributed by atoms with Crippen LogP contribution in [0.2, 0.25) is 10.0 Å². The van der Waals surface area contributed by atoms with Crippen molar-refractivity contribution in [3.05, 3.63) is 93.0 Å². The van der Waals surface area contributed by atoms with Gasteiger partial charge in [0.25, 0.3) is 5.91 Å². The van der Waals surface area contributed by atoms with Crippen LogP contribution >= 0.6 is 23.2 Å². The maximum atomic E-state index is 13.1. The number of carbonyl (C=O) groups is 2. The van der Waals surface area contributed by atoms with Crippen LogP contribution in [0.4, 0.5) is 5.69 Å². The first-order chi connectivity index (χ1) is 16.4. The monoisotopic (exact) mass is 495 g/mol. The molecule has 0 atom stereocenters. The molecule has 1 aliphatic heterocycles. The minimum atomic E-state index is -0.413. The number of ketones is 1. The van der Waals surface area contributed by atoms with Gasteiger partial charge in [-0.05, 0) is 42.8 Å². The van der Waals surface area contributed by atoms with E-state index in [9.17, 15) is 9.59 Å². The Morgan fingerprint density at radius 2 is 1.62 bits per heavy atom. The fraction of sp³-hybridized carbons (Fsp3) is 0.192. The molecular formula is C26H23Cl2N3O3. The SMILES string of the molecule is COc1cc(Cl)cc(C(=O)Nc2ccc(Cl)cc2)c1CC(=O)c1ccc(C(=N)N2CCC2)cc1. The van der Waals surface area contributed by atoms with E-state index < -0.39 is 5.91 Å². The van der Waals surface area contributed by atoms with E-state index in [1.165, 1.54) is 13.2 Å². The number of hydrogen-bond acceptors (Lipinski definition) is 4. The molecule has 34 heavy (non-hydrogen) atoms. The van der Waals surface area contributed by atoms with Crippen molar-refractivity contribution in [2.45, 2.75) is 12.8 Å². The second-order valence-corrected chi connectivity index (χ2v) is 8.83. The summed E-state index contributed by atoms with van der Waals surface area (Å²) in [6.07, 6.45) is 1.04. The van der Waals surface area contributed by atoms with Gasteiger partial charge < -0.3 is 15.0 Å². The molecule has 1 amide bonds. The Hall–Kier alpha value is -3.35. The highest BCUT2D eigenvalue weighted by atomic mass is 35.5. The van der Waals surface area contributed by atoms with Crippen LogP contribution in [-0.2, 0) is 6.42 Å². The van der Waals surface area contributed by atoms with Gasteiger partial charge in [-0.15, -0.1) is 0 Å². The lowest BCUT2D eigenvalue weighted by Gasteiger charge is -2.33. The fourth-order valence-corrected chi connectivity index (χ4v) is 4.04. The summed E-state index contributed by atoms with van der Waals surface area (Å²) in [6, 6.07) is 16.8. The Morgan fingerprint density at radius 1 is 0.971 bits per heavy atom. The Morgan fingerprint density at radius 3 is 2.21 bits per heavy atom. The van der Waals surface area contributed by atoms with Gasteiger partial charge in [0.15, 0.2) is 5.78 Å². The second-order valence-electron chi connectivity index (χ2n) is 7.96. The van der Waals surface area contributed by atoms with Gasteiger partial charge in [-0.3, -0.25) is 15.0 Å². The molecule has 0 radical (unpaired) electrons. The molecule has 1 fully saturated rings. The van der Waals surface area contributed by atoms with Crippen LogP contribution in [0.1, 0.15) is 38.3 Å². The predicted octanol–water partition coefficient (Wildman–Crippen LogP) is 5.71. The van der Waals surface area contributed by atoms with Crippen molar-refractivity contribution in [1.82, 2.24) is 4.90 Å². The number of Topliss-reactive ketones (excluding diaryl/α,β-unsaturated/α-hetero) is 1. The number of ether oxygens (including phenoxy) is 1. The number of rotatable bonds is 7. The van der Waals surface area contributed by atoms with Crippen LogP contribution in [0.3, 0.4) is 0 Å². The van der Waals surface area contributed by atoms with Crippen molar-refractivity contribution in [1.29, 1.82) is 5.41 Å². The summed E-state index contributed by atoms with van der Waals surface area (Å²) in [6.45, 7) is 1.77. The zero-order valence-electron chi connectivity index (χ0n) is 18.5. The van der Waals surface area contributed by atoms with Crippen LogP contribution in [0.25, 0.3) is 0 Å². The zero-order chi connectivity index (χ0) is 24.2. The number of nitrogens with zero attached hydrogens (tertiary/aromatic N) is 1. The van der Waals surface area contributed by atoms with Crippen molar-refractivity contribution in [2.75, 3.05) is 25.5 Å². The molecule has 0 saturated carbocycles. The highest BCUT2D eigenvalue weighted by Crippen LogP contribution is 2.30. The number of halogens is 2. The number of methoxy groups -OCH3 is 1. The van der Waals surface area contributed by atoms with Gasteiger partial charge in [-0.25, -0.2) is 0 Å². The lowest BCUT2D eigenvalue weighted by atomic mass is 9.96. The summed E-state index contributed by atoms with van der Waals surface area (Å²) < 4.78 is 5.45. The number of nitrogens with one attached hydrogen (secondary N) is 2. The van der Waals surface area contributed by atoms with Crippen molar-refractivity contribution in [3.63, 3.8) is 0 Å². The maximum absolute atomic E-state index is 13.1. The van der Waals surface area contributed by atoms with E-state index in [1.54, 1.807) is 54.6 Å². The van der Waals surface area contributed by atoms with Gasteiger partial charge in [0.1, 0.15) is 11.6 Å². The van der Waals surface area contributed by atoms with Crippen LogP contribution in [0.15, 0.2) is 60.7 Å². The van der Waals surface area contributed by atoms with Gasteiger partial charge in [0, 0.05) is 57.5 Å². The summed E-state index contributed by atoms with van der Waals surface area (Å²) in [7, 11) is 1.47. The van der Waals surface area contributed by atoms with Crippen LogP contribution in [0.5, 0.6) is 5.75 Å². The second kappa shape index (κ2) is 10.3. The van der Waals surface area contributed by atoms with Gasteiger partial charge >= 0.3 is 0 Å². The standard InChI is InChI=1S/C26H23Cl2N3O3/c1-34-24-14-19(28)13-22(26(33)30-20-9-7-18(27)8-10-20)21(24)15-23(32)16-3-5-17(6-4-16)25(29)31-11-2-12-31/h3-10,13-14,29H,2,11-12,15H2,1H3,(H,30,33). The largest absolute Gasteiger partial charge is 0.496 e. The summed E-state index contributed by atoms with van der Waals surface area (Å²) in [5, 5.41) is 11.9. The van der Waals surface area contributed by atoms with Crippen molar-refractivity contribution in [2.24, 2.45) is 0 Å². The first kappa shape index (κ1) is 23.8. The molecule has 4 rings (SSSR count). The summed E-state index contributed by atoms with van der Waals surface area (Å²) in [5.41, 5.74) is 2.51. The number of carbonyl (C=O) groups excluding carboxylic acids is 2. The maximum Gasteiger partial charge on any atom is 0.256 e. The van der Waals surface area contributed by atoms with Gasteiger partial charge in [-0.1, -0.05) is 47.5 Å². The molecule has 3 aromatic carbocycles. The Kier molecular flexibility index (Phi) is 7.20. The van der Waals surface area contributed by atoms with E-state index in [0.717, 1.165) is 25.1 Å². The molecule has 0 aliphatic carbocycles. The fourth-order valence-electron chi connectivity index (χ4n) is 3.71. The van der Waals surface area contributed by atoms with Gasteiger partial charge in [0.2, 0.25) is 0 Å². The molecule has 2 N–H and O–H groups in total. The molecule has 174 valence electrons. The number of anilines is 1. The first-order valence-electron chi connectivity index (χ1n) is 10.8. The lowest BCUT2D eigenvalue weighted by molar-refractivity contribution is 0.0991. The number of hydrogen-bond donors (Lipinski definition) is 2. The average Bonchev–Trinajstić information content (AvgIpc) is 2.80. The first-order valence-corrected chi connectivity index (χ1v) is 11.5. The zero-order valence-corrected chi connectivity index (χ0v) is 20.0. The van der Waals surface area contributed by atoms with Gasteiger partial charge in [0.05, 0.1) is 7.11 Å². The normalized spacial score (nSPS) is 12.6. The molecule has 1 saturated heterocycles. The quantitative estimate of drug-likeness (QED) is 0.249. The molecule has 0 bridgehead atoms. The summed E-state index contributed by atoms with van der Waals surface area (Å²) in [4.78, 5) is 28.2. The molecule has 8 heteroatoms. The van der Waals surface area contributed by atoms with Crippen molar-refractivity contribution in [3.8, 4) is 5.75 Å². The lowest BCUT2D eigenvalue weighted by Crippen LogP contribution is -2.42. The van der Waals surface area contributed by atoms with E-state index in [-0.39, 0.29) is 17.8 Å². The van der Waals surface area contributed by atoms with E-state index in [2.05, 4.69) is 5.32 Å². The number of benzene rings is 3. The Bertz CT molecular complexity index is 1240. The summed E-state index contributed by atoms with van der Waals surface area (Å²) in [5.74, 6) is 0.233. The third-order valence-electron chi connectivity index (χ3n) is 5.73. The highest BCUT2D eigenvalue weighted by Gasteiger charge is 2.22. The molecule has 0 aromatic heterocycles. The minimum Gasteiger partial charge on any atom is -0.496 e. The molecule has 3 aromatic rings. The highest BCUT2D eigenvalue weighted by molar-refractivity contribution is 6.31. The Balaban J connectivity index is 1.57. The van der Waals surface area contributed by atoms with E-state index in [1.807, 2.05) is 4.90 Å². The third kappa shape index (κ3) is 5.24. The van der Waals surface area contributed by atoms with Gasteiger partial charge in [-0.2, -0.15) is 0 Å². The molecule has 0 unspecified atom stereocenters. The predicted molar refractivity (Wildman–Crippen MR) is 135 cm³/mol. The average molecular weight is 496 g/mol. The van der Waals surface area contributed by atoms with Crippen LogP contribution in [0, 0.1) is 5.41 Å². The summed E-state index contributed by atoms with van der Waals surface area (Å²) >= 11 is 12.1. The number of likely N-dealkylation sites (tertiary alicyclic amines) is 1. The number of amides is 1. The molecule has 0 spiro atoms. The minimum absolute atomic E-state index is 0.0490. The third-order valence-corrected chi connectivity index (χ3v) is 6.20. The van der Waals surface area contributed by atoms with E-state index in [4.69, 9.17) is 33.3 Å². The molecule has 1 aliphatic rings. The number of amidine groups is 1. The van der Waals surface area contributed by atoms with Crippen LogP contribution < -0.4 is 10.1 Å². The smallest absolute Gasteiger partial charge is 0.256 e. The van der Waals surface area contributed by atoms with Crippen molar-refractivity contribution >= 4 is 46.4 Å². The van der Waals surface area contributed by atoms with E-state index >= 15 is 0 Å². The van der Waals surface area contributed by atoms with E-state index in [0.29, 0.717) is 38.4 Å². The topological polar surface area (TPSA) is 82.5 Å². The van der Waals surface area contributed by atoms with Crippen molar-refractivity contribution < 1.29 is 14.3 Å².